The topological polar surface area (TPSA) is 75.7 Å². The highest BCUT2D eigenvalue weighted by molar-refractivity contribution is 7.89. The molecule has 1 aliphatic rings. The van der Waals surface area contributed by atoms with E-state index in [0.29, 0.717) is 0 Å². The van der Waals surface area contributed by atoms with Gasteiger partial charge in [-0.1, -0.05) is 11.6 Å². The Hall–Kier alpha value is -0.860. The number of nitrogens with one attached hydrogen (secondary N) is 1. The minimum atomic E-state index is -3.71. The Morgan fingerprint density at radius 2 is 1.91 bits per heavy atom. The monoisotopic (exact) mass is 382 g/mol. The molecule has 0 aromatic heterocycles. The quantitative estimate of drug-likeness (QED) is 0.805. The van der Waals surface area contributed by atoms with Gasteiger partial charge in [-0.3, -0.25) is 0 Å². The van der Waals surface area contributed by atoms with Crippen LogP contribution < -0.4 is 5.32 Å². The molecule has 1 saturated heterocycles. The molecule has 1 aromatic rings. The van der Waals surface area contributed by atoms with E-state index in [2.05, 4.69) is 10.1 Å². The van der Waals surface area contributed by atoms with Crippen molar-refractivity contribution in [3.8, 4) is 0 Å². The van der Waals surface area contributed by atoms with Gasteiger partial charge in [0.25, 0.3) is 0 Å². The van der Waals surface area contributed by atoms with Gasteiger partial charge in [0.15, 0.2) is 0 Å². The second kappa shape index (κ2) is 8.30. The fraction of sp³-hybridized carbons (Fsp3) is 0.500. The summed E-state index contributed by atoms with van der Waals surface area (Å²) in [5.74, 6) is -0.622. The number of hydrogen-bond acceptors (Lipinski definition) is 5. The highest BCUT2D eigenvalue weighted by atomic mass is 35.5. The van der Waals surface area contributed by atoms with Gasteiger partial charge in [-0.05, 0) is 44.1 Å². The van der Waals surface area contributed by atoms with E-state index in [4.69, 9.17) is 11.6 Å². The van der Waals surface area contributed by atoms with Crippen molar-refractivity contribution in [3.63, 3.8) is 0 Å². The van der Waals surface area contributed by atoms with Gasteiger partial charge in [0.1, 0.15) is 0 Å². The molecule has 0 aliphatic carbocycles. The number of carbonyl (C=O) groups excluding carboxylic acids is 1. The molecule has 1 heterocycles. The van der Waals surface area contributed by atoms with Gasteiger partial charge >= 0.3 is 5.97 Å². The van der Waals surface area contributed by atoms with Crippen LogP contribution in [-0.2, 0) is 14.8 Å². The highest BCUT2D eigenvalue weighted by Gasteiger charge is 2.29. The van der Waals surface area contributed by atoms with Gasteiger partial charge in [0.2, 0.25) is 10.0 Å². The van der Waals surface area contributed by atoms with Crippen LogP contribution in [0.2, 0.25) is 5.02 Å². The smallest absolute Gasteiger partial charge is 0.337 e. The molecular formula is C14H20Cl2N2O4S. The van der Waals surface area contributed by atoms with Crippen molar-refractivity contribution in [2.24, 2.45) is 0 Å². The van der Waals surface area contributed by atoms with E-state index in [9.17, 15) is 13.2 Å². The van der Waals surface area contributed by atoms with E-state index in [-0.39, 0.29) is 33.9 Å². The largest absolute Gasteiger partial charge is 0.465 e. The van der Waals surface area contributed by atoms with Gasteiger partial charge < -0.3 is 10.1 Å². The maximum Gasteiger partial charge on any atom is 0.337 e. The molecule has 6 nitrogen and oxygen atoms in total. The summed E-state index contributed by atoms with van der Waals surface area (Å²) in [6, 6.07) is 3.97. The fourth-order valence-electron chi connectivity index (χ4n) is 2.48. The molecule has 1 aliphatic heterocycles. The van der Waals surface area contributed by atoms with Crippen molar-refractivity contribution in [3.05, 3.63) is 28.8 Å². The second-order valence-electron chi connectivity index (χ2n) is 5.17. The zero-order chi connectivity index (χ0) is 16.3. The molecule has 1 aromatic carbocycles. The molecule has 1 fully saturated rings. The number of piperidine rings is 1. The Balaban J connectivity index is 0.00000264. The SMILES string of the molecule is COC(=O)c1cc(Cl)cc(S(=O)(=O)N(C)C2CCNCC2)c1.Cl. The summed E-state index contributed by atoms with van der Waals surface area (Å²) in [4.78, 5) is 11.6. The molecule has 0 saturated carbocycles. The number of methoxy groups -OCH3 is 1. The van der Waals surface area contributed by atoms with Gasteiger partial charge in [-0.15, -0.1) is 12.4 Å². The van der Waals surface area contributed by atoms with Crippen LogP contribution in [0.1, 0.15) is 23.2 Å². The summed E-state index contributed by atoms with van der Waals surface area (Å²) in [7, 11) is -0.918. The van der Waals surface area contributed by atoms with E-state index >= 15 is 0 Å². The van der Waals surface area contributed by atoms with Crippen LogP contribution in [0.15, 0.2) is 23.1 Å². The molecule has 1 N–H and O–H groups in total. The van der Waals surface area contributed by atoms with Gasteiger partial charge in [0.05, 0.1) is 17.6 Å². The summed E-state index contributed by atoms with van der Waals surface area (Å²) in [6.07, 6.45) is 1.50. The van der Waals surface area contributed by atoms with Crippen LogP contribution in [0.5, 0.6) is 0 Å². The third-order valence-corrected chi connectivity index (χ3v) is 5.90. The maximum atomic E-state index is 12.7. The summed E-state index contributed by atoms with van der Waals surface area (Å²) < 4.78 is 31.5. The average molecular weight is 383 g/mol. The summed E-state index contributed by atoms with van der Waals surface area (Å²) >= 11 is 5.95. The molecule has 0 bridgehead atoms. The van der Waals surface area contributed by atoms with Gasteiger partial charge in [-0.25, -0.2) is 13.2 Å². The Labute approximate surface area is 147 Å². The van der Waals surface area contributed by atoms with Crippen LogP contribution in [-0.4, -0.2) is 52.0 Å². The van der Waals surface area contributed by atoms with Crippen molar-refractivity contribution in [1.29, 1.82) is 0 Å². The number of esters is 1. The standard InChI is InChI=1S/C14H19ClN2O4S.ClH/c1-17(12-3-5-16-6-4-12)22(19,20)13-8-10(14(18)21-2)7-11(15)9-13;/h7-9,12,16H,3-6H2,1-2H3;1H. The van der Waals surface area contributed by atoms with Gasteiger partial charge in [-0.2, -0.15) is 4.31 Å². The van der Waals surface area contributed by atoms with E-state index in [1.54, 1.807) is 7.05 Å². The van der Waals surface area contributed by atoms with E-state index < -0.39 is 16.0 Å². The predicted molar refractivity (Wildman–Crippen MR) is 90.9 cm³/mol. The van der Waals surface area contributed by atoms with Crippen LogP contribution in [0.25, 0.3) is 0 Å². The molecule has 0 unspecified atom stereocenters. The van der Waals surface area contributed by atoms with E-state index in [1.807, 2.05) is 0 Å². The lowest BCUT2D eigenvalue weighted by atomic mass is 10.1. The Morgan fingerprint density at radius 3 is 2.48 bits per heavy atom. The number of benzene rings is 1. The van der Waals surface area contributed by atoms with Crippen LogP contribution in [0.3, 0.4) is 0 Å². The lowest BCUT2D eigenvalue weighted by molar-refractivity contribution is 0.0600. The Bertz CT molecular complexity index is 661. The third-order valence-electron chi connectivity index (χ3n) is 3.79. The van der Waals surface area contributed by atoms with Crippen LogP contribution >= 0.6 is 24.0 Å². The highest BCUT2D eigenvalue weighted by Crippen LogP contribution is 2.25. The molecule has 130 valence electrons. The Morgan fingerprint density at radius 1 is 1.30 bits per heavy atom. The van der Waals surface area contributed by atoms with Crippen molar-refractivity contribution in [2.45, 2.75) is 23.8 Å². The number of hydrogen-bond donors (Lipinski definition) is 1. The number of nitrogens with zero attached hydrogens (tertiary/aromatic N) is 1. The van der Waals surface area contributed by atoms with E-state index in [1.165, 1.54) is 29.6 Å². The molecule has 0 atom stereocenters. The predicted octanol–water partition coefficient (Wildman–Crippen LogP) is 1.92. The van der Waals surface area contributed by atoms with Crippen LogP contribution in [0, 0.1) is 0 Å². The van der Waals surface area contributed by atoms with E-state index in [0.717, 1.165) is 25.9 Å². The zero-order valence-corrected chi connectivity index (χ0v) is 15.3. The molecule has 0 radical (unpaired) electrons. The first kappa shape index (κ1) is 20.2. The summed E-state index contributed by atoms with van der Waals surface area (Å²) in [5.41, 5.74) is 0.118. The molecule has 0 amide bonds. The first-order valence-corrected chi connectivity index (χ1v) is 8.75. The summed E-state index contributed by atoms with van der Waals surface area (Å²) in [6.45, 7) is 1.57. The molecule has 2 rings (SSSR count). The van der Waals surface area contributed by atoms with Gasteiger partial charge in [0, 0.05) is 18.1 Å². The number of halogens is 2. The average Bonchev–Trinajstić information content (AvgIpc) is 2.53. The van der Waals surface area contributed by atoms with Crippen LogP contribution in [0.4, 0.5) is 0 Å². The lowest BCUT2D eigenvalue weighted by Crippen LogP contribution is -2.43. The van der Waals surface area contributed by atoms with Crippen molar-refractivity contribution in [1.82, 2.24) is 9.62 Å². The van der Waals surface area contributed by atoms with Crippen molar-refractivity contribution >= 4 is 40.0 Å². The number of carbonyl (C=O) groups is 1. The molecule has 23 heavy (non-hydrogen) atoms. The number of sulfonamides is 1. The number of rotatable bonds is 4. The lowest BCUT2D eigenvalue weighted by Gasteiger charge is -2.30. The normalized spacial score (nSPS) is 16.0. The molecular weight excluding hydrogens is 363 g/mol. The molecule has 0 spiro atoms. The minimum absolute atomic E-state index is 0. The fourth-order valence-corrected chi connectivity index (χ4v) is 4.27. The Kier molecular flexibility index (Phi) is 7.29. The second-order valence-corrected chi connectivity index (χ2v) is 7.60. The van der Waals surface area contributed by atoms with Crippen molar-refractivity contribution in [2.75, 3.05) is 27.2 Å². The third kappa shape index (κ3) is 4.58. The zero-order valence-electron chi connectivity index (χ0n) is 12.9. The maximum absolute atomic E-state index is 12.7. The molecule has 9 heteroatoms. The number of ether oxygens (including phenoxy) is 1. The summed E-state index contributed by atoms with van der Waals surface area (Å²) in [5, 5.41) is 3.38. The minimum Gasteiger partial charge on any atom is -0.465 e. The first-order valence-electron chi connectivity index (χ1n) is 6.94. The van der Waals surface area contributed by atoms with Crippen molar-refractivity contribution < 1.29 is 17.9 Å². The first-order chi connectivity index (χ1) is 10.4.